The molecule has 0 radical (unpaired) electrons. The molecule has 0 saturated carbocycles. The third-order valence-electron chi connectivity index (χ3n) is 2.89. The molecule has 0 aliphatic rings. The number of benzene rings is 1. The van der Waals surface area contributed by atoms with E-state index in [0.29, 0.717) is 12.1 Å². The maximum atomic E-state index is 12.4. The molecular formula is C16H22N2O. The van der Waals surface area contributed by atoms with E-state index in [1.54, 1.807) is 0 Å². The third-order valence-corrected chi connectivity index (χ3v) is 2.89. The molecule has 1 aromatic rings. The number of amides is 1. The van der Waals surface area contributed by atoms with Gasteiger partial charge >= 0.3 is 0 Å². The topological polar surface area (TPSA) is 46.3 Å². The van der Waals surface area contributed by atoms with Gasteiger partial charge in [-0.1, -0.05) is 31.3 Å². The molecule has 0 fully saturated rings. The number of nitrogens with zero attached hydrogens (tertiary/aromatic N) is 1. The molecule has 3 heteroatoms. The Bertz CT molecular complexity index is 471. The summed E-state index contributed by atoms with van der Waals surface area (Å²) in [6, 6.07) is 7.42. The first-order chi connectivity index (χ1) is 9.22. The minimum Gasteiger partial charge on any atom is -0.339 e. The molecule has 0 heterocycles. The van der Waals surface area contributed by atoms with E-state index in [2.05, 4.69) is 18.8 Å². The zero-order chi connectivity index (χ0) is 14.1. The van der Waals surface area contributed by atoms with Crippen LogP contribution < -0.4 is 5.73 Å². The molecule has 1 aromatic carbocycles. The van der Waals surface area contributed by atoms with Crippen LogP contribution in [0.25, 0.3) is 0 Å². The van der Waals surface area contributed by atoms with Gasteiger partial charge in [-0.05, 0) is 31.5 Å². The van der Waals surface area contributed by atoms with Crippen LogP contribution in [0.4, 0.5) is 0 Å². The predicted molar refractivity (Wildman–Crippen MR) is 78.9 cm³/mol. The Morgan fingerprint density at radius 2 is 2.16 bits per heavy atom. The van der Waals surface area contributed by atoms with Crippen LogP contribution in [0, 0.1) is 11.8 Å². The number of carbonyl (C=O) groups excluding carboxylic acids is 1. The molecule has 19 heavy (non-hydrogen) atoms. The van der Waals surface area contributed by atoms with E-state index < -0.39 is 0 Å². The van der Waals surface area contributed by atoms with E-state index in [-0.39, 0.29) is 5.91 Å². The van der Waals surface area contributed by atoms with Gasteiger partial charge in [-0.15, -0.1) is 0 Å². The highest BCUT2D eigenvalue weighted by atomic mass is 16.2. The van der Waals surface area contributed by atoms with Crippen LogP contribution in [0.5, 0.6) is 0 Å². The van der Waals surface area contributed by atoms with E-state index in [1.807, 2.05) is 36.1 Å². The molecule has 0 saturated heterocycles. The van der Waals surface area contributed by atoms with Crippen molar-refractivity contribution in [2.75, 3.05) is 19.6 Å². The average molecular weight is 258 g/mol. The Hall–Kier alpha value is -1.79. The summed E-state index contributed by atoms with van der Waals surface area (Å²) in [6.07, 6.45) is 2.12. The largest absolute Gasteiger partial charge is 0.339 e. The van der Waals surface area contributed by atoms with Gasteiger partial charge in [0.1, 0.15) is 0 Å². The minimum atomic E-state index is 0.0762. The number of unbranched alkanes of at least 4 members (excludes halogenated alkanes) is 1. The van der Waals surface area contributed by atoms with Crippen LogP contribution in [0.1, 0.15) is 42.6 Å². The monoisotopic (exact) mass is 258 g/mol. The van der Waals surface area contributed by atoms with E-state index in [9.17, 15) is 4.79 Å². The maximum absolute atomic E-state index is 12.4. The van der Waals surface area contributed by atoms with Crippen molar-refractivity contribution < 1.29 is 4.79 Å². The first-order valence-corrected chi connectivity index (χ1v) is 6.81. The van der Waals surface area contributed by atoms with Crippen molar-refractivity contribution in [3.05, 3.63) is 35.4 Å². The highest BCUT2D eigenvalue weighted by Crippen LogP contribution is 2.09. The molecular weight excluding hydrogens is 236 g/mol. The standard InChI is InChI=1S/C16H22N2O/c1-3-5-12-18(4-2)16(19)15-10-6-8-14(13-15)9-7-11-17/h6,8,10,13H,3-5,11-12,17H2,1-2H3. The number of rotatable bonds is 5. The van der Waals surface area contributed by atoms with Crippen molar-refractivity contribution in [1.82, 2.24) is 4.90 Å². The SMILES string of the molecule is CCCCN(CC)C(=O)c1cccc(C#CCN)c1. The summed E-state index contributed by atoms with van der Waals surface area (Å²) < 4.78 is 0. The van der Waals surface area contributed by atoms with Crippen molar-refractivity contribution in [2.24, 2.45) is 5.73 Å². The summed E-state index contributed by atoms with van der Waals surface area (Å²) in [6.45, 7) is 6.00. The number of nitrogens with two attached hydrogens (primary N) is 1. The molecule has 0 aliphatic heterocycles. The smallest absolute Gasteiger partial charge is 0.253 e. The summed E-state index contributed by atoms with van der Waals surface area (Å²) in [4.78, 5) is 14.2. The van der Waals surface area contributed by atoms with Crippen LogP contribution in [-0.4, -0.2) is 30.4 Å². The highest BCUT2D eigenvalue weighted by molar-refractivity contribution is 5.94. The quantitative estimate of drug-likeness (QED) is 0.823. The first-order valence-electron chi connectivity index (χ1n) is 6.81. The lowest BCUT2D eigenvalue weighted by Crippen LogP contribution is -2.31. The van der Waals surface area contributed by atoms with E-state index in [0.717, 1.165) is 31.5 Å². The molecule has 3 nitrogen and oxygen atoms in total. The van der Waals surface area contributed by atoms with Gasteiger partial charge in [0.25, 0.3) is 5.91 Å². The van der Waals surface area contributed by atoms with Gasteiger partial charge in [0.05, 0.1) is 6.54 Å². The van der Waals surface area contributed by atoms with Gasteiger partial charge in [0.15, 0.2) is 0 Å². The van der Waals surface area contributed by atoms with Crippen molar-refractivity contribution in [3.63, 3.8) is 0 Å². The lowest BCUT2D eigenvalue weighted by atomic mass is 10.1. The van der Waals surface area contributed by atoms with E-state index in [4.69, 9.17) is 5.73 Å². The molecule has 0 aliphatic carbocycles. The average Bonchev–Trinajstić information content (AvgIpc) is 2.46. The van der Waals surface area contributed by atoms with Crippen LogP contribution in [0.2, 0.25) is 0 Å². The minimum absolute atomic E-state index is 0.0762. The van der Waals surface area contributed by atoms with Crippen LogP contribution in [-0.2, 0) is 0 Å². The fourth-order valence-corrected chi connectivity index (χ4v) is 1.82. The number of hydrogen-bond donors (Lipinski definition) is 1. The molecule has 2 N–H and O–H groups in total. The molecule has 1 rings (SSSR count). The fourth-order valence-electron chi connectivity index (χ4n) is 1.82. The predicted octanol–water partition coefficient (Wildman–Crippen LogP) is 2.26. The van der Waals surface area contributed by atoms with Crippen LogP contribution >= 0.6 is 0 Å². The Kier molecular flexibility index (Phi) is 6.70. The van der Waals surface area contributed by atoms with Crippen LogP contribution in [0.15, 0.2) is 24.3 Å². The fraction of sp³-hybridized carbons (Fsp3) is 0.438. The van der Waals surface area contributed by atoms with Crippen LogP contribution in [0.3, 0.4) is 0 Å². The lowest BCUT2D eigenvalue weighted by Gasteiger charge is -2.20. The summed E-state index contributed by atoms with van der Waals surface area (Å²) in [5, 5.41) is 0. The molecule has 0 unspecified atom stereocenters. The third kappa shape index (κ3) is 4.76. The summed E-state index contributed by atoms with van der Waals surface area (Å²) in [5.74, 6) is 5.83. The molecule has 0 atom stereocenters. The Morgan fingerprint density at radius 3 is 2.79 bits per heavy atom. The van der Waals surface area contributed by atoms with Gasteiger partial charge in [0, 0.05) is 24.2 Å². The summed E-state index contributed by atoms with van der Waals surface area (Å²) in [5.41, 5.74) is 6.88. The Morgan fingerprint density at radius 1 is 1.37 bits per heavy atom. The Labute approximate surface area is 115 Å². The maximum Gasteiger partial charge on any atom is 0.253 e. The second-order valence-corrected chi connectivity index (χ2v) is 4.33. The first kappa shape index (κ1) is 15.3. The lowest BCUT2D eigenvalue weighted by molar-refractivity contribution is 0.0762. The molecule has 102 valence electrons. The molecule has 0 bridgehead atoms. The normalized spacial score (nSPS) is 9.63. The van der Waals surface area contributed by atoms with Crippen molar-refractivity contribution in [2.45, 2.75) is 26.7 Å². The molecule has 1 amide bonds. The molecule has 0 aromatic heterocycles. The van der Waals surface area contributed by atoms with Gasteiger partial charge in [-0.2, -0.15) is 0 Å². The highest BCUT2D eigenvalue weighted by Gasteiger charge is 2.13. The zero-order valence-electron chi connectivity index (χ0n) is 11.8. The number of carbonyl (C=O) groups is 1. The van der Waals surface area contributed by atoms with Crippen molar-refractivity contribution >= 4 is 5.91 Å². The van der Waals surface area contributed by atoms with Gasteiger partial charge in [-0.25, -0.2) is 0 Å². The van der Waals surface area contributed by atoms with Crippen molar-refractivity contribution in [3.8, 4) is 11.8 Å². The number of hydrogen-bond acceptors (Lipinski definition) is 2. The van der Waals surface area contributed by atoms with Gasteiger partial charge in [0.2, 0.25) is 0 Å². The van der Waals surface area contributed by atoms with E-state index >= 15 is 0 Å². The van der Waals surface area contributed by atoms with E-state index in [1.165, 1.54) is 0 Å². The van der Waals surface area contributed by atoms with Gasteiger partial charge < -0.3 is 10.6 Å². The summed E-state index contributed by atoms with van der Waals surface area (Å²) >= 11 is 0. The second-order valence-electron chi connectivity index (χ2n) is 4.33. The van der Waals surface area contributed by atoms with Gasteiger partial charge in [-0.3, -0.25) is 4.79 Å². The Balaban J connectivity index is 2.85. The summed E-state index contributed by atoms with van der Waals surface area (Å²) in [7, 11) is 0. The zero-order valence-corrected chi connectivity index (χ0v) is 11.8. The molecule has 0 spiro atoms. The van der Waals surface area contributed by atoms with Crippen molar-refractivity contribution in [1.29, 1.82) is 0 Å². The second kappa shape index (κ2) is 8.34.